The summed E-state index contributed by atoms with van der Waals surface area (Å²) in [6.45, 7) is 3.78. The highest BCUT2D eigenvalue weighted by molar-refractivity contribution is 5.76. The first-order chi connectivity index (χ1) is 29.3. The maximum Gasteiger partial charge on any atom is 0.220 e. The summed E-state index contributed by atoms with van der Waals surface area (Å²) < 4.78 is 11.2. The number of aliphatic hydroxyl groups excluding tert-OH is 5. The molecule has 7 atom stereocenters. The molecule has 354 valence electrons. The van der Waals surface area contributed by atoms with Crippen molar-refractivity contribution >= 4 is 5.91 Å². The largest absolute Gasteiger partial charge is 0.394 e. The Morgan fingerprint density at radius 1 is 0.550 bits per heavy atom. The van der Waals surface area contributed by atoms with E-state index in [9.17, 15) is 30.3 Å². The molecule has 9 heteroatoms. The predicted molar refractivity (Wildman–Crippen MR) is 249 cm³/mol. The van der Waals surface area contributed by atoms with Crippen LogP contribution in [-0.2, 0) is 14.3 Å². The van der Waals surface area contributed by atoms with E-state index in [1.165, 1.54) is 180 Å². The Bertz CT molecular complexity index is 992. The minimum atomic E-state index is -1.56. The van der Waals surface area contributed by atoms with E-state index < -0.39 is 49.5 Å². The van der Waals surface area contributed by atoms with Crippen molar-refractivity contribution in [2.45, 2.75) is 281 Å². The van der Waals surface area contributed by atoms with Gasteiger partial charge in [-0.05, 0) is 44.9 Å². The first kappa shape index (κ1) is 56.7. The van der Waals surface area contributed by atoms with Crippen LogP contribution in [0.25, 0.3) is 0 Å². The summed E-state index contributed by atoms with van der Waals surface area (Å²) >= 11 is 0. The molecule has 0 aromatic carbocycles. The minimum absolute atomic E-state index is 0.176. The second-order valence-electron chi connectivity index (χ2n) is 18.0. The molecule has 60 heavy (non-hydrogen) atoms. The molecule has 0 aliphatic carbocycles. The molecule has 9 nitrogen and oxygen atoms in total. The molecule has 1 amide bonds. The third kappa shape index (κ3) is 31.5. The molecule has 0 bridgehead atoms. The zero-order chi connectivity index (χ0) is 43.7. The molecule has 1 aliphatic rings. The monoisotopic (exact) mass is 852 g/mol. The summed E-state index contributed by atoms with van der Waals surface area (Å²) in [7, 11) is 0. The van der Waals surface area contributed by atoms with Gasteiger partial charge in [0.05, 0.1) is 25.4 Å². The second kappa shape index (κ2) is 41.7. The minimum Gasteiger partial charge on any atom is -0.394 e. The molecule has 0 spiro atoms. The Hall–Kier alpha value is -1.33. The third-order valence-electron chi connectivity index (χ3n) is 12.3. The van der Waals surface area contributed by atoms with E-state index in [1.807, 2.05) is 6.08 Å². The number of carbonyl (C=O) groups excluding carboxylic acids is 1. The van der Waals surface area contributed by atoms with Gasteiger partial charge in [0.15, 0.2) is 6.29 Å². The van der Waals surface area contributed by atoms with E-state index in [4.69, 9.17) is 9.47 Å². The van der Waals surface area contributed by atoms with Gasteiger partial charge in [0.25, 0.3) is 0 Å². The smallest absolute Gasteiger partial charge is 0.220 e. The number of aliphatic hydroxyl groups is 5. The number of hydrogen-bond acceptors (Lipinski definition) is 8. The van der Waals surface area contributed by atoms with Gasteiger partial charge < -0.3 is 40.3 Å². The van der Waals surface area contributed by atoms with E-state index in [1.54, 1.807) is 6.08 Å². The van der Waals surface area contributed by atoms with E-state index in [0.29, 0.717) is 6.42 Å². The molecule has 1 fully saturated rings. The molecule has 0 aromatic rings. The number of hydrogen-bond donors (Lipinski definition) is 6. The number of amides is 1. The topological polar surface area (TPSA) is 149 Å². The van der Waals surface area contributed by atoms with Crippen LogP contribution >= 0.6 is 0 Å². The second-order valence-corrected chi connectivity index (χ2v) is 18.0. The summed E-state index contributed by atoms with van der Waals surface area (Å²) in [5.41, 5.74) is 0. The lowest BCUT2D eigenvalue weighted by Crippen LogP contribution is -2.60. The molecule has 1 saturated heterocycles. The normalized spacial score (nSPS) is 20.7. The Kier molecular flexibility index (Phi) is 39.4. The predicted octanol–water partition coefficient (Wildman–Crippen LogP) is 11.5. The number of unbranched alkanes of at least 4 members (excludes halogenated alkanes) is 31. The van der Waals surface area contributed by atoms with Crippen LogP contribution in [0.15, 0.2) is 24.3 Å². The van der Waals surface area contributed by atoms with Crippen LogP contribution < -0.4 is 5.32 Å². The molecule has 1 aliphatic heterocycles. The van der Waals surface area contributed by atoms with Crippen LogP contribution in [0.1, 0.15) is 239 Å². The van der Waals surface area contributed by atoms with E-state index in [2.05, 4.69) is 31.3 Å². The summed E-state index contributed by atoms with van der Waals surface area (Å²) in [4.78, 5) is 13.0. The number of nitrogens with one attached hydrogen (secondary N) is 1. The van der Waals surface area contributed by atoms with Gasteiger partial charge in [-0.1, -0.05) is 212 Å². The fourth-order valence-electron chi connectivity index (χ4n) is 8.15. The Morgan fingerprint density at radius 3 is 1.35 bits per heavy atom. The zero-order valence-electron chi connectivity index (χ0n) is 39.0. The Morgan fingerprint density at radius 2 is 0.933 bits per heavy atom. The standard InChI is InChI=1S/C51H97NO8/c1-3-5-7-9-11-13-15-17-18-19-20-21-22-23-24-25-26-27-28-29-31-33-35-37-39-41-47(55)52-44(43-59-51-50(58)49(57)48(56)46(42-53)60-51)45(54)40-38-36-34-32-30-16-14-12-10-8-6-4-2/h19-20,38,40,44-46,48-51,53-54,56-58H,3-18,21-37,39,41-43H2,1-2H3,(H,52,55)/b20-19-,40-38+. The lowest BCUT2D eigenvalue weighted by atomic mass is 9.99. The summed E-state index contributed by atoms with van der Waals surface area (Å²) in [6, 6.07) is -0.801. The van der Waals surface area contributed by atoms with Crippen molar-refractivity contribution in [2.24, 2.45) is 0 Å². The van der Waals surface area contributed by atoms with Crippen LogP contribution in [-0.4, -0.2) is 87.5 Å². The van der Waals surface area contributed by atoms with E-state index >= 15 is 0 Å². The molecule has 0 radical (unpaired) electrons. The molecular weight excluding hydrogens is 755 g/mol. The van der Waals surface area contributed by atoms with Crippen molar-refractivity contribution in [3.8, 4) is 0 Å². The van der Waals surface area contributed by atoms with Crippen molar-refractivity contribution in [2.75, 3.05) is 13.2 Å². The SMILES string of the molecule is CCCCCCCCCC/C=C\CCCCCCCCCCCCCCCC(=O)NC(COC1OC(CO)C(O)C(O)C1O)C(O)/C=C/CCCCCCCCCCCC. The number of carbonyl (C=O) groups is 1. The molecule has 1 rings (SSSR count). The quantitative estimate of drug-likeness (QED) is 0.0262. The molecule has 6 N–H and O–H groups in total. The van der Waals surface area contributed by atoms with Gasteiger partial charge in [-0.2, -0.15) is 0 Å². The number of allylic oxidation sites excluding steroid dienone is 3. The molecule has 0 aromatic heterocycles. The Balaban J connectivity index is 2.22. The van der Waals surface area contributed by atoms with Crippen LogP contribution in [0, 0.1) is 0 Å². The summed E-state index contributed by atoms with van der Waals surface area (Å²) in [5.74, 6) is -0.176. The van der Waals surface area contributed by atoms with Crippen molar-refractivity contribution in [3.05, 3.63) is 24.3 Å². The lowest BCUT2D eigenvalue weighted by molar-refractivity contribution is -0.302. The lowest BCUT2D eigenvalue weighted by Gasteiger charge is -2.40. The van der Waals surface area contributed by atoms with Gasteiger partial charge in [0.1, 0.15) is 24.4 Å². The number of ether oxygens (including phenoxy) is 2. The summed E-state index contributed by atoms with van der Waals surface area (Å²) in [6.07, 6.45) is 43.8. The van der Waals surface area contributed by atoms with Crippen LogP contribution in [0.4, 0.5) is 0 Å². The van der Waals surface area contributed by atoms with Gasteiger partial charge in [-0.3, -0.25) is 4.79 Å². The fourth-order valence-corrected chi connectivity index (χ4v) is 8.15. The van der Waals surface area contributed by atoms with Crippen molar-refractivity contribution < 1.29 is 39.8 Å². The molecule has 0 saturated carbocycles. The summed E-state index contributed by atoms with van der Waals surface area (Å²) in [5, 5.41) is 54.2. The zero-order valence-corrected chi connectivity index (χ0v) is 39.0. The Labute approximate surface area is 369 Å². The highest BCUT2D eigenvalue weighted by Crippen LogP contribution is 2.23. The average Bonchev–Trinajstić information content (AvgIpc) is 3.25. The fraction of sp³-hybridized carbons (Fsp3) is 0.902. The van der Waals surface area contributed by atoms with Gasteiger partial charge >= 0.3 is 0 Å². The van der Waals surface area contributed by atoms with Crippen molar-refractivity contribution in [1.82, 2.24) is 5.32 Å². The maximum absolute atomic E-state index is 13.0. The van der Waals surface area contributed by atoms with Crippen LogP contribution in [0.5, 0.6) is 0 Å². The molecule has 7 unspecified atom stereocenters. The highest BCUT2D eigenvalue weighted by Gasteiger charge is 2.44. The van der Waals surface area contributed by atoms with E-state index in [0.717, 1.165) is 38.5 Å². The van der Waals surface area contributed by atoms with Gasteiger partial charge in [0.2, 0.25) is 5.91 Å². The first-order valence-corrected chi connectivity index (χ1v) is 25.6. The molecule has 1 heterocycles. The molecular formula is C51H97NO8. The van der Waals surface area contributed by atoms with Gasteiger partial charge in [-0.25, -0.2) is 0 Å². The van der Waals surface area contributed by atoms with Crippen LogP contribution in [0.3, 0.4) is 0 Å². The third-order valence-corrected chi connectivity index (χ3v) is 12.3. The maximum atomic E-state index is 13.0. The van der Waals surface area contributed by atoms with Crippen molar-refractivity contribution in [3.63, 3.8) is 0 Å². The van der Waals surface area contributed by atoms with Crippen molar-refractivity contribution in [1.29, 1.82) is 0 Å². The number of rotatable bonds is 43. The van der Waals surface area contributed by atoms with E-state index in [-0.39, 0.29) is 12.5 Å². The van der Waals surface area contributed by atoms with Gasteiger partial charge in [0, 0.05) is 6.42 Å². The first-order valence-electron chi connectivity index (χ1n) is 25.6. The highest BCUT2D eigenvalue weighted by atomic mass is 16.7. The van der Waals surface area contributed by atoms with Gasteiger partial charge in [-0.15, -0.1) is 0 Å². The van der Waals surface area contributed by atoms with Crippen LogP contribution in [0.2, 0.25) is 0 Å². The average molecular weight is 852 g/mol.